The van der Waals surface area contributed by atoms with E-state index in [2.05, 4.69) is 52.3 Å². The van der Waals surface area contributed by atoms with E-state index < -0.39 is 0 Å². The second kappa shape index (κ2) is 6.07. The lowest BCUT2D eigenvalue weighted by atomic mass is 10.1. The third kappa shape index (κ3) is 2.50. The minimum absolute atomic E-state index is 0.866. The van der Waals surface area contributed by atoms with Gasteiger partial charge in [0.05, 0.1) is 11.2 Å². The van der Waals surface area contributed by atoms with Crippen molar-refractivity contribution >= 4 is 37.9 Å². The van der Waals surface area contributed by atoms with Crippen molar-refractivity contribution in [2.45, 2.75) is 0 Å². The van der Waals surface area contributed by atoms with Crippen LogP contribution in [0.4, 0.5) is 0 Å². The number of halogens is 1. The summed E-state index contributed by atoms with van der Waals surface area (Å²) in [6.07, 6.45) is 0. The van der Waals surface area contributed by atoms with E-state index in [0.29, 0.717) is 0 Å². The van der Waals surface area contributed by atoms with Gasteiger partial charge in [-0.25, -0.2) is 9.67 Å². The first-order valence-corrected chi connectivity index (χ1v) is 9.19. The van der Waals surface area contributed by atoms with Crippen LogP contribution in [0.25, 0.3) is 38.9 Å². The fraction of sp³-hybridized carbons (Fsp3) is 0. The Morgan fingerprint density at radius 1 is 0.769 bits per heavy atom. The molecule has 3 aromatic carbocycles. The number of fused-ring (bicyclic) bond motifs is 2. The number of pyridine rings is 1. The van der Waals surface area contributed by atoms with Crippen LogP contribution in [0.15, 0.2) is 89.4 Å². The summed E-state index contributed by atoms with van der Waals surface area (Å²) in [6.45, 7) is 0. The van der Waals surface area contributed by atoms with Crippen molar-refractivity contribution in [2.75, 3.05) is 0 Å². The van der Waals surface area contributed by atoms with Crippen molar-refractivity contribution in [3.63, 3.8) is 0 Å². The average Bonchev–Trinajstić information content (AvgIpc) is 3.06. The van der Waals surface area contributed by atoms with Gasteiger partial charge >= 0.3 is 0 Å². The van der Waals surface area contributed by atoms with Gasteiger partial charge in [0.15, 0.2) is 5.65 Å². The third-order valence-electron chi connectivity index (χ3n) is 4.46. The molecule has 0 fully saturated rings. The van der Waals surface area contributed by atoms with Gasteiger partial charge in [-0.1, -0.05) is 64.5 Å². The zero-order chi connectivity index (χ0) is 17.5. The van der Waals surface area contributed by atoms with Crippen molar-refractivity contribution in [1.29, 1.82) is 0 Å². The summed E-state index contributed by atoms with van der Waals surface area (Å²) in [6, 6.07) is 28.7. The first-order valence-electron chi connectivity index (χ1n) is 8.39. The minimum Gasteiger partial charge on any atom is -0.228 e. The van der Waals surface area contributed by atoms with Gasteiger partial charge in [0.2, 0.25) is 0 Å². The molecule has 0 N–H and O–H groups in total. The van der Waals surface area contributed by atoms with Crippen molar-refractivity contribution in [3.8, 4) is 16.9 Å². The topological polar surface area (TPSA) is 30.7 Å². The zero-order valence-electron chi connectivity index (χ0n) is 13.8. The quantitative estimate of drug-likeness (QED) is 0.364. The number of para-hydroxylation sites is 1. The lowest BCUT2D eigenvalue weighted by molar-refractivity contribution is 0.903. The number of rotatable bonds is 2. The Labute approximate surface area is 159 Å². The Hall–Kier alpha value is -2.98. The molecule has 0 radical (unpaired) electrons. The molecule has 26 heavy (non-hydrogen) atoms. The van der Waals surface area contributed by atoms with E-state index in [1.54, 1.807) is 0 Å². The van der Waals surface area contributed by atoms with Crippen LogP contribution in [-0.2, 0) is 0 Å². The molecule has 0 atom stereocenters. The fourth-order valence-corrected chi connectivity index (χ4v) is 3.61. The van der Waals surface area contributed by atoms with Crippen LogP contribution in [-0.4, -0.2) is 14.8 Å². The monoisotopic (exact) mass is 399 g/mol. The number of aromatic nitrogens is 3. The van der Waals surface area contributed by atoms with Crippen LogP contribution >= 0.6 is 15.9 Å². The second-order valence-electron chi connectivity index (χ2n) is 6.16. The first-order chi connectivity index (χ1) is 12.8. The summed E-state index contributed by atoms with van der Waals surface area (Å²) in [7, 11) is 0. The first kappa shape index (κ1) is 15.3. The minimum atomic E-state index is 0.866. The predicted molar refractivity (Wildman–Crippen MR) is 110 cm³/mol. The maximum Gasteiger partial charge on any atom is 0.164 e. The van der Waals surface area contributed by atoms with Crippen LogP contribution in [0.1, 0.15) is 0 Å². The van der Waals surface area contributed by atoms with E-state index in [1.807, 2.05) is 53.2 Å². The smallest absolute Gasteiger partial charge is 0.164 e. The van der Waals surface area contributed by atoms with E-state index in [0.717, 1.165) is 43.4 Å². The summed E-state index contributed by atoms with van der Waals surface area (Å²) in [4.78, 5) is 4.92. The lowest BCUT2D eigenvalue weighted by Gasteiger charge is -2.03. The van der Waals surface area contributed by atoms with Gasteiger partial charge in [0, 0.05) is 20.8 Å². The second-order valence-corrected chi connectivity index (χ2v) is 7.07. The molecule has 5 aromatic rings. The molecule has 5 rings (SSSR count). The SMILES string of the molecule is Brc1ccc2nc3c(cc2c1)c(-c1ccccc1)nn3-c1ccccc1. The lowest BCUT2D eigenvalue weighted by Crippen LogP contribution is -1.97. The molecule has 0 saturated heterocycles. The van der Waals surface area contributed by atoms with Crippen LogP contribution in [0.5, 0.6) is 0 Å². The summed E-state index contributed by atoms with van der Waals surface area (Å²) >= 11 is 3.55. The van der Waals surface area contributed by atoms with Gasteiger partial charge < -0.3 is 0 Å². The third-order valence-corrected chi connectivity index (χ3v) is 4.95. The van der Waals surface area contributed by atoms with Gasteiger partial charge in [-0.05, 0) is 36.4 Å². The van der Waals surface area contributed by atoms with Gasteiger partial charge in [-0.15, -0.1) is 0 Å². The van der Waals surface area contributed by atoms with Crippen LogP contribution in [0.2, 0.25) is 0 Å². The summed E-state index contributed by atoms with van der Waals surface area (Å²) in [5, 5.41) is 7.06. The Morgan fingerprint density at radius 2 is 1.50 bits per heavy atom. The van der Waals surface area contributed by atoms with Crippen LogP contribution < -0.4 is 0 Å². The normalized spacial score (nSPS) is 11.3. The maximum absolute atomic E-state index is 4.92. The Kier molecular flexibility index (Phi) is 3.57. The maximum atomic E-state index is 4.92. The number of hydrogen-bond donors (Lipinski definition) is 0. The highest BCUT2D eigenvalue weighted by molar-refractivity contribution is 9.10. The number of hydrogen-bond acceptors (Lipinski definition) is 2. The molecule has 0 unspecified atom stereocenters. The van der Waals surface area contributed by atoms with Gasteiger partial charge in [0.25, 0.3) is 0 Å². The van der Waals surface area contributed by atoms with Crippen LogP contribution in [0.3, 0.4) is 0 Å². The Bertz CT molecular complexity index is 1230. The molecular formula is C22H14BrN3. The zero-order valence-corrected chi connectivity index (χ0v) is 15.4. The highest BCUT2D eigenvalue weighted by Gasteiger charge is 2.16. The van der Waals surface area contributed by atoms with Gasteiger partial charge in [0.1, 0.15) is 5.69 Å². The predicted octanol–water partition coefficient (Wildman–Crippen LogP) is 6.00. The van der Waals surface area contributed by atoms with Gasteiger partial charge in [-0.2, -0.15) is 5.10 Å². The molecule has 0 spiro atoms. The highest BCUT2D eigenvalue weighted by Crippen LogP contribution is 2.32. The molecule has 4 heteroatoms. The molecule has 0 aliphatic rings. The number of benzene rings is 3. The standard InChI is InChI=1S/C22H14BrN3/c23-17-11-12-20-16(13-17)14-19-21(15-7-3-1-4-8-15)25-26(22(19)24-20)18-9-5-2-6-10-18/h1-14H. The Balaban J connectivity index is 1.89. The van der Waals surface area contributed by atoms with Crippen LogP contribution in [0, 0.1) is 0 Å². The molecule has 3 nitrogen and oxygen atoms in total. The highest BCUT2D eigenvalue weighted by atomic mass is 79.9. The molecule has 0 aliphatic heterocycles. The molecule has 124 valence electrons. The van der Waals surface area contributed by atoms with E-state index >= 15 is 0 Å². The van der Waals surface area contributed by atoms with E-state index in [1.165, 1.54) is 0 Å². The van der Waals surface area contributed by atoms with E-state index in [-0.39, 0.29) is 0 Å². The summed E-state index contributed by atoms with van der Waals surface area (Å²) < 4.78 is 2.97. The summed E-state index contributed by atoms with van der Waals surface area (Å²) in [5.74, 6) is 0. The van der Waals surface area contributed by atoms with Crippen molar-refractivity contribution in [3.05, 3.63) is 89.4 Å². The average molecular weight is 400 g/mol. The van der Waals surface area contributed by atoms with Crippen molar-refractivity contribution < 1.29 is 0 Å². The fourth-order valence-electron chi connectivity index (χ4n) is 3.23. The van der Waals surface area contributed by atoms with Gasteiger partial charge in [-0.3, -0.25) is 0 Å². The molecule has 0 amide bonds. The molecule has 2 heterocycles. The Morgan fingerprint density at radius 3 is 2.27 bits per heavy atom. The molecule has 2 aromatic heterocycles. The summed E-state index contributed by atoms with van der Waals surface area (Å²) in [5.41, 5.74) is 4.85. The van der Waals surface area contributed by atoms with E-state index in [4.69, 9.17) is 10.1 Å². The largest absolute Gasteiger partial charge is 0.228 e. The molecular weight excluding hydrogens is 386 g/mol. The molecule has 0 bridgehead atoms. The van der Waals surface area contributed by atoms with Crippen molar-refractivity contribution in [1.82, 2.24) is 14.8 Å². The van der Waals surface area contributed by atoms with Crippen molar-refractivity contribution in [2.24, 2.45) is 0 Å². The van der Waals surface area contributed by atoms with E-state index in [9.17, 15) is 0 Å². The molecule has 0 aliphatic carbocycles. The number of nitrogens with zero attached hydrogens (tertiary/aromatic N) is 3. The molecule has 0 saturated carbocycles.